The maximum absolute atomic E-state index is 14.1. The first kappa shape index (κ1) is 32.9. The summed E-state index contributed by atoms with van der Waals surface area (Å²) in [5.74, 6) is -1.23. The van der Waals surface area contributed by atoms with Gasteiger partial charge in [-0.2, -0.15) is 13.2 Å². The van der Waals surface area contributed by atoms with Crippen molar-refractivity contribution in [1.82, 2.24) is 29.4 Å². The molecule has 4 aromatic rings. The number of nitrogens with one attached hydrogen (secondary N) is 1. The number of alkyl halides is 3. The Labute approximate surface area is 276 Å². The highest BCUT2D eigenvalue weighted by molar-refractivity contribution is 6.33. The summed E-state index contributed by atoms with van der Waals surface area (Å²) in [6.07, 6.45) is -0.0369. The van der Waals surface area contributed by atoms with Gasteiger partial charge >= 0.3 is 6.18 Å². The third-order valence-electron chi connectivity index (χ3n) is 8.13. The number of piperazine rings is 1. The SMILES string of the molecule is CCc1c(N2CCN(C(=O)c3ncnc(C)c3O)CC2)c(=O)c2nc(OC3CC3)cnc2n1CC(=O)Nc1ccc(C(F)(F)F)cc1Cl. The highest BCUT2D eigenvalue weighted by Crippen LogP contribution is 2.34. The van der Waals surface area contributed by atoms with Crippen molar-refractivity contribution in [1.29, 1.82) is 0 Å². The van der Waals surface area contributed by atoms with Gasteiger partial charge < -0.3 is 29.5 Å². The summed E-state index contributed by atoms with van der Waals surface area (Å²) in [6, 6.07) is 2.62. The van der Waals surface area contributed by atoms with Gasteiger partial charge in [-0.3, -0.25) is 14.4 Å². The Bertz CT molecular complexity index is 1980. The van der Waals surface area contributed by atoms with Crippen LogP contribution < -0.4 is 20.4 Å². The zero-order valence-electron chi connectivity index (χ0n) is 25.8. The zero-order valence-corrected chi connectivity index (χ0v) is 26.6. The monoisotopic (exact) mass is 686 g/mol. The number of hydrogen-bond acceptors (Lipinski definition) is 10. The van der Waals surface area contributed by atoms with E-state index in [-0.39, 0.29) is 89.4 Å². The van der Waals surface area contributed by atoms with E-state index in [4.69, 9.17) is 16.3 Å². The Morgan fingerprint density at radius 1 is 1.12 bits per heavy atom. The highest BCUT2D eigenvalue weighted by atomic mass is 35.5. The Balaban J connectivity index is 1.33. The van der Waals surface area contributed by atoms with Crippen LogP contribution >= 0.6 is 11.6 Å². The van der Waals surface area contributed by atoms with E-state index in [9.17, 15) is 32.7 Å². The van der Waals surface area contributed by atoms with Crippen LogP contribution in [0.25, 0.3) is 11.2 Å². The normalized spacial score (nSPS) is 15.1. The minimum atomic E-state index is -4.61. The number of amides is 2. The Morgan fingerprint density at radius 2 is 1.85 bits per heavy atom. The van der Waals surface area contributed by atoms with Crippen LogP contribution in [0.4, 0.5) is 24.5 Å². The lowest BCUT2D eigenvalue weighted by atomic mass is 10.1. The Morgan fingerprint density at radius 3 is 2.50 bits per heavy atom. The molecule has 1 saturated heterocycles. The number of ether oxygens (including phenoxy) is 1. The molecule has 1 aromatic carbocycles. The molecule has 0 atom stereocenters. The van der Waals surface area contributed by atoms with Gasteiger partial charge in [-0.15, -0.1) is 0 Å². The van der Waals surface area contributed by atoms with Crippen molar-refractivity contribution in [3.63, 3.8) is 0 Å². The summed E-state index contributed by atoms with van der Waals surface area (Å²) < 4.78 is 46.8. The largest absolute Gasteiger partial charge is 0.504 e. The van der Waals surface area contributed by atoms with Crippen LogP contribution in [0.5, 0.6) is 11.6 Å². The number of aromatic hydroxyl groups is 1. The number of aryl methyl sites for hydroxylation is 1. The van der Waals surface area contributed by atoms with E-state index in [0.29, 0.717) is 12.1 Å². The minimum absolute atomic E-state index is 0.0173. The van der Waals surface area contributed by atoms with Crippen LogP contribution in [-0.4, -0.2) is 78.6 Å². The summed E-state index contributed by atoms with van der Waals surface area (Å²) in [5, 5.41) is 12.6. The molecule has 0 bridgehead atoms. The van der Waals surface area contributed by atoms with Gasteiger partial charge in [-0.25, -0.2) is 19.9 Å². The minimum Gasteiger partial charge on any atom is -0.504 e. The molecule has 17 heteroatoms. The van der Waals surface area contributed by atoms with Crippen molar-refractivity contribution >= 4 is 46.0 Å². The molecule has 2 aliphatic rings. The van der Waals surface area contributed by atoms with Gasteiger partial charge in [-0.05, 0) is 44.4 Å². The second-order valence-corrected chi connectivity index (χ2v) is 11.8. The summed E-state index contributed by atoms with van der Waals surface area (Å²) in [4.78, 5) is 60.8. The lowest BCUT2D eigenvalue weighted by molar-refractivity contribution is -0.137. The summed E-state index contributed by atoms with van der Waals surface area (Å²) >= 11 is 6.08. The number of fused-ring (bicyclic) bond motifs is 1. The number of hydrogen-bond donors (Lipinski definition) is 2. The predicted octanol–water partition coefficient (Wildman–Crippen LogP) is 3.97. The van der Waals surface area contributed by atoms with Gasteiger partial charge in [0, 0.05) is 31.9 Å². The van der Waals surface area contributed by atoms with E-state index in [1.807, 2.05) is 11.8 Å². The first-order valence-corrected chi connectivity index (χ1v) is 15.5. The van der Waals surface area contributed by atoms with E-state index in [0.717, 1.165) is 31.0 Å². The van der Waals surface area contributed by atoms with Crippen molar-refractivity contribution in [2.24, 2.45) is 0 Å². The smallest absolute Gasteiger partial charge is 0.416 e. The standard InChI is InChI=1S/C31H30ClF3N8O5/c1-3-21-26(41-8-10-42(11-9-41)30(47)25-27(45)16(2)37-15-38-25)28(46)24-29(36-13-23(40-24)48-18-5-6-18)43(21)14-22(44)39-20-7-4-17(12-19(20)32)31(33,34)35/h4,7,12-13,15,18,45H,3,5-6,8-11,14H2,1-2H3,(H,39,44). The molecule has 1 saturated carbocycles. The first-order chi connectivity index (χ1) is 22.8. The lowest BCUT2D eigenvalue weighted by Gasteiger charge is -2.37. The third kappa shape index (κ3) is 6.56. The number of rotatable bonds is 8. The highest BCUT2D eigenvalue weighted by Gasteiger charge is 2.32. The van der Waals surface area contributed by atoms with E-state index in [1.54, 1.807) is 11.5 Å². The first-order valence-electron chi connectivity index (χ1n) is 15.2. The molecule has 1 aliphatic carbocycles. The maximum atomic E-state index is 14.1. The number of pyridine rings is 1. The zero-order chi connectivity index (χ0) is 34.3. The number of carbonyl (C=O) groups is 2. The molecule has 0 unspecified atom stereocenters. The molecule has 48 heavy (non-hydrogen) atoms. The molecule has 3 aromatic heterocycles. The van der Waals surface area contributed by atoms with Crippen LogP contribution in [0.15, 0.2) is 35.5 Å². The Kier molecular flexibility index (Phi) is 8.85. The number of anilines is 2. The van der Waals surface area contributed by atoms with Crippen LogP contribution in [0.2, 0.25) is 5.02 Å². The average molecular weight is 687 g/mol. The third-order valence-corrected chi connectivity index (χ3v) is 8.44. The van der Waals surface area contributed by atoms with Crippen LogP contribution in [0, 0.1) is 6.92 Å². The summed E-state index contributed by atoms with van der Waals surface area (Å²) in [7, 11) is 0. The van der Waals surface area contributed by atoms with E-state index in [2.05, 4.69) is 25.3 Å². The van der Waals surface area contributed by atoms with Gasteiger partial charge in [0.05, 0.1) is 28.2 Å². The van der Waals surface area contributed by atoms with E-state index >= 15 is 0 Å². The van der Waals surface area contributed by atoms with E-state index < -0.39 is 29.0 Å². The molecule has 2 amide bonds. The molecule has 13 nitrogen and oxygen atoms in total. The molecule has 0 spiro atoms. The van der Waals surface area contributed by atoms with Gasteiger partial charge in [-0.1, -0.05) is 18.5 Å². The van der Waals surface area contributed by atoms with Crippen LogP contribution in [0.3, 0.4) is 0 Å². The van der Waals surface area contributed by atoms with Gasteiger partial charge in [0.15, 0.2) is 22.6 Å². The topological polar surface area (TPSA) is 156 Å². The molecule has 4 heterocycles. The van der Waals surface area contributed by atoms with Gasteiger partial charge in [0.25, 0.3) is 5.91 Å². The summed E-state index contributed by atoms with van der Waals surface area (Å²) in [5.41, 5.74) is -0.409. The van der Waals surface area contributed by atoms with Gasteiger partial charge in [0.1, 0.15) is 24.7 Å². The second kappa shape index (κ2) is 12.9. The maximum Gasteiger partial charge on any atom is 0.416 e. The second-order valence-electron chi connectivity index (χ2n) is 11.4. The Hall–Kier alpha value is -4.99. The predicted molar refractivity (Wildman–Crippen MR) is 168 cm³/mol. The number of halogens is 4. The molecule has 2 N–H and O–H groups in total. The number of carbonyl (C=O) groups excluding carboxylic acids is 2. The van der Waals surface area contributed by atoms with Crippen molar-refractivity contribution < 1.29 is 32.6 Å². The fourth-order valence-electron chi connectivity index (χ4n) is 5.52. The quantitative estimate of drug-likeness (QED) is 0.278. The fourth-order valence-corrected chi connectivity index (χ4v) is 5.74. The van der Waals surface area contributed by atoms with Crippen LogP contribution in [0.1, 0.15) is 47.2 Å². The van der Waals surface area contributed by atoms with Crippen molar-refractivity contribution in [3.8, 4) is 11.6 Å². The van der Waals surface area contributed by atoms with Crippen molar-refractivity contribution in [3.05, 3.63) is 68.6 Å². The number of benzene rings is 1. The van der Waals surface area contributed by atoms with E-state index in [1.165, 1.54) is 17.4 Å². The molecular formula is C31H30ClF3N8O5. The number of aromatic nitrogens is 5. The molecule has 1 aliphatic heterocycles. The molecule has 252 valence electrons. The van der Waals surface area contributed by atoms with Crippen molar-refractivity contribution in [2.45, 2.75) is 51.9 Å². The molecule has 2 fully saturated rings. The summed E-state index contributed by atoms with van der Waals surface area (Å²) in [6.45, 7) is 3.88. The molecular weight excluding hydrogens is 657 g/mol. The number of nitrogens with zero attached hydrogens (tertiary/aromatic N) is 7. The average Bonchev–Trinajstić information content (AvgIpc) is 3.88. The van der Waals surface area contributed by atoms with Gasteiger partial charge in [0.2, 0.25) is 17.2 Å². The van der Waals surface area contributed by atoms with Crippen LogP contribution in [-0.2, 0) is 23.9 Å². The molecule has 6 rings (SSSR count). The molecule has 0 radical (unpaired) electrons. The van der Waals surface area contributed by atoms with Crippen molar-refractivity contribution in [2.75, 3.05) is 36.4 Å². The fraction of sp³-hybridized carbons (Fsp3) is 0.387. The lowest BCUT2D eigenvalue weighted by Crippen LogP contribution is -2.50.